The molecule has 0 saturated heterocycles. The van der Waals surface area contributed by atoms with Gasteiger partial charge in [0.05, 0.1) is 18.9 Å². The Hall–Kier alpha value is -1.71. The number of carbonyl (C=O) groups is 1. The number of benzene rings is 1. The van der Waals surface area contributed by atoms with Crippen LogP contribution in [0, 0.1) is 5.92 Å². The third-order valence-electron chi connectivity index (χ3n) is 2.70. The molecule has 0 heterocycles. The fourth-order valence-corrected chi connectivity index (χ4v) is 1.57. The second kappa shape index (κ2) is 5.08. The van der Waals surface area contributed by atoms with Crippen molar-refractivity contribution in [3.05, 3.63) is 23.8 Å². The lowest BCUT2D eigenvalue weighted by molar-refractivity contribution is 0.0521. The van der Waals surface area contributed by atoms with Gasteiger partial charge in [0, 0.05) is 0 Å². The molecule has 4 heteroatoms. The van der Waals surface area contributed by atoms with Crippen LogP contribution in [0.3, 0.4) is 0 Å². The summed E-state index contributed by atoms with van der Waals surface area (Å²) in [6.45, 7) is 2.74. The highest BCUT2D eigenvalue weighted by Gasteiger charge is 2.24. The first-order valence-corrected chi connectivity index (χ1v) is 5.90. The van der Waals surface area contributed by atoms with Crippen LogP contribution in [0.4, 0.5) is 5.69 Å². The lowest BCUT2D eigenvalue weighted by Gasteiger charge is -2.12. The molecule has 1 aromatic rings. The van der Waals surface area contributed by atoms with Crippen LogP contribution in [0.1, 0.15) is 30.1 Å². The lowest BCUT2D eigenvalue weighted by atomic mass is 10.1. The van der Waals surface area contributed by atoms with E-state index in [9.17, 15) is 4.79 Å². The van der Waals surface area contributed by atoms with Crippen molar-refractivity contribution in [1.82, 2.24) is 0 Å². The van der Waals surface area contributed by atoms with Crippen LogP contribution in [-0.4, -0.2) is 19.2 Å². The van der Waals surface area contributed by atoms with Crippen molar-refractivity contribution >= 4 is 11.7 Å². The third-order valence-corrected chi connectivity index (χ3v) is 2.70. The molecule has 1 fully saturated rings. The van der Waals surface area contributed by atoms with Crippen LogP contribution in [-0.2, 0) is 4.74 Å². The molecule has 1 saturated carbocycles. The van der Waals surface area contributed by atoms with Gasteiger partial charge in [0.25, 0.3) is 0 Å². The number of anilines is 1. The van der Waals surface area contributed by atoms with Gasteiger partial charge < -0.3 is 15.2 Å². The van der Waals surface area contributed by atoms with Crippen molar-refractivity contribution in [3.63, 3.8) is 0 Å². The van der Waals surface area contributed by atoms with E-state index in [4.69, 9.17) is 15.2 Å². The zero-order valence-corrected chi connectivity index (χ0v) is 9.94. The van der Waals surface area contributed by atoms with Crippen molar-refractivity contribution in [3.8, 4) is 5.75 Å². The topological polar surface area (TPSA) is 61.5 Å². The first-order chi connectivity index (χ1) is 8.22. The largest absolute Gasteiger partial charge is 0.490 e. The standard InChI is InChI=1S/C13H17NO3/c1-2-16-13(15)10-4-3-5-11(14)12(10)17-8-9-6-7-9/h3-5,9H,2,6-8,14H2,1H3. The number of hydrogen-bond donors (Lipinski definition) is 1. The Morgan fingerprint density at radius 1 is 1.47 bits per heavy atom. The third kappa shape index (κ3) is 2.90. The number of hydrogen-bond acceptors (Lipinski definition) is 4. The zero-order chi connectivity index (χ0) is 12.3. The van der Waals surface area contributed by atoms with E-state index in [1.807, 2.05) is 0 Å². The molecule has 92 valence electrons. The van der Waals surface area contributed by atoms with Gasteiger partial charge in [0.15, 0.2) is 5.75 Å². The van der Waals surface area contributed by atoms with Gasteiger partial charge in [0.1, 0.15) is 5.56 Å². The van der Waals surface area contributed by atoms with Gasteiger partial charge in [0.2, 0.25) is 0 Å². The van der Waals surface area contributed by atoms with Crippen molar-refractivity contribution in [1.29, 1.82) is 0 Å². The molecule has 1 aliphatic carbocycles. The SMILES string of the molecule is CCOC(=O)c1cccc(N)c1OCC1CC1. The molecule has 2 N–H and O–H groups in total. The second-order valence-corrected chi connectivity index (χ2v) is 4.20. The summed E-state index contributed by atoms with van der Waals surface area (Å²) in [7, 11) is 0. The molecule has 1 aromatic carbocycles. The molecule has 0 aromatic heterocycles. The van der Waals surface area contributed by atoms with Crippen LogP contribution in [0.15, 0.2) is 18.2 Å². The number of para-hydroxylation sites is 1. The maximum atomic E-state index is 11.7. The smallest absolute Gasteiger partial charge is 0.341 e. The minimum atomic E-state index is -0.384. The number of nitrogens with two attached hydrogens (primary N) is 1. The van der Waals surface area contributed by atoms with Crippen LogP contribution in [0.2, 0.25) is 0 Å². The van der Waals surface area contributed by atoms with Crippen LogP contribution < -0.4 is 10.5 Å². The molecular weight excluding hydrogens is 218 g/mol. The van der Waals surface area contributed by atoms with E-state index < -0.39 is 0 Å². The average Bonchev–Trinajstić information content (AvgIpc) is 3.11. The normalized spacial score (nSPS) is 14.4. The molecule has 2 rings (SSSR count). The molecule has 17 heavy (non-hydrogen) atoms. The number of ether oxygens (including phenoxy) is 2. The summed E-state index contributed by atoms with van der Waals surface area (Å²) in [5, 5.41) is 0. The molecule has 0 atom stereocenters. The lowest BCUT2D eigenvalue weighted by Crippen LogP contribution is -2.10. The highest BCUT2D eigenvalue weighted by Crippen LogP contribution is 2.32. The maximum absolute atomic E-state index is 11.7. The fourth-order valence-electron chi connectivity index (χ4n) is 1.57. The first kappa shape index (κ1) is 11.8. The molecule has 0 amide bonds. The molecule has 0 radical (unpaired) electrons. The van der Waals surface area contributed by atoms with Gasteiger partial charge in [-0.25, -0.2) is 4.79 Å². The highest BCUT2D eigenvalue weighted by molar-refractivity contribution is 5.94. The van der Waals surface area contributed by atoms with Crippen LogP contribution in [0.25, 0.3) is 0 Å². The molecule has 0 bridgehead atoms. The molecule has 0 unspecified atom stereocenters. The van der Waals surface area contributed by atoms with Gasteiger partial charge in [-0.15, -0.1) is 0 Å². The van der Waals surface area contributed by atoms with E-state index in [-0.39, 0.29) is 5.97 Å². The number of esters is 1. The fraction of sp³-hybridized carbons (Fsp3) is 0.462. The van der Waals surface area contributed by atoms with E-state index in [0.29, 0.717) is 36.1 Å². The predicted octanol–water partition coefficient (Wildman–Crippen LogP) is 2.23. The van der Waals surface area contributed by atoms with Crippen LogP contribution >= 0.6 is 0 Å². The summed E-state index contributed by atoms with van der Waals surface area (Å²) in [5.74, 6) is 0.688. The predicted molar refractivity (Wildman–Crippen MR) is 65.0 cm³/mol. The zero-order valence-electron chi connectivity index (χ0n) is 9.94. The average molecular weight is 235 g/mol. The van der Waals surface area contributed by atoms with Gasteiger partial charge in [-0.2, -0.15) is 0 Å². The van der Waals surface area contributed by atoms with E-state index in [2.05, 4.69) is 0 Å². The summed E-state index contributed by atoms with van der Waals surface area (Å²) < 4.78 is 10.6. The molecule has 0 aliphatic heterocycles. The maximum Gasteiger partial charge on any atom is 0.341 e. The quantitative estimate of drug-likeness (QED) is 0.628. The summed E-state index contributed by atoms with van der Waals surface area (Å²) in [6, 6.07) is 5.13. The molecule has 1 aliphatic rings. The van der Waals surface area contributed by atoms with Crippen LogP contribution in [0.5, 0.6) is 5.75 Å². The van der Waals surface area contributed by atoms with E-state index in [1.165, 1.54) is 12.8 Å². The van der Waals surface area contributed by atoms with Gasteiger partial charge in [-0.1, -0.05) is 6.07 Å². The molecular formula is C13H17NO3. The summed E-state index contributed by atoms with van der Waals surface area (Å²) in [4.78, 5) is 11.7. The van der Waals surface area contributed by atoms with Gasteiger partial charge >= 0.3 is 5.97 Å². The minimum absolute atomic E-state index is 0.343. The number of rotatable bonds is 5. The Morgan fingerprint density at radius 3 is 2.88 bits per heavy atom. The minimum Gasteiger partial charge on any atom is -0.490 e. The summed E-state index contributed by atoms with van der Waals surface area (Å²) in [5.41, 5.74) is 6.72. The summed E-state index contributed by atoms with van der Waals surface area (Å²) >= 11 is 0. The number of nitrogen functional groups attached to an aromatic ring is 1. The summed E-state index contributed by atoms with van der Waals surface area (Å²) in [6.07, 6.45) is 2.39. The van der Waals surface area contributed by atoms with Gasteiger partial charge in [-0.3, -0.25) is 0 Å². The Labute approximate surface area is 101 Å². The Bertz CT molecular complexity index is 413. The van der Waals surface area contributed by atoms with Crippen molar-refractivity contribution in [2.75, 3.05) is 18.9 Å². The monoisotopic (exact) mass is 235 g/mol. The second-order valence-electron chi connectivity index (χ2n) is 4.20. The Morgan fingerprint density at radius 2 is 2.24 bits per heavy atom. The first-order valence-electron chi connectivity index (χ1n) is 5.90. The highest BCUT2D eigenvalue weighted by atomic mass is 16.5. The van der Waals surface area contributed by atoms with Gasteiger partial charge in [-0.05, 0) is 37.8 Å². The Kier molecular flexibility index (Phi) is 3.52. The van der Waals surface area contributed by atoms with Crippen molar-refractivity contribution < 1.29 is 14.3 Å². The molecule has 4 nitrogen and oxygen atoms in total. The van der Waals surface area contributed by atoms with E-state index in [0.717, 1.165) is 0 Å². The molecule has 0 spiro atoms. The Balaban J connectivity index is 2.16. The number of carbonyl (C=O) groups excluding carboxylic acids is 1. The van der Waals surface area contributed by atoms with Crippen molar-refractivity contribution in [2.45, 2.75) is 19.8 Å². The van der Waals surface area contributed by atoms with Crippen molar-refractivity contribution in [2.24, 2.45) is 5.92 Å². The van der Waals surface area contributed by atoms with E-state index in [1.54, 1.807) is 25.1 Å². The van der Waals surface area contributed by atoms with E-state index >= 15 is 0 Å².